The first-order chi connectivity index (χ1) is 11.7. The number of anilines is 1. The molecule has 2 fully saturated rings. The summed E-state index contributed by atoms with van der Waals surface area (Å²) < 4.78 is 5.38. The summed E-state index contributed by atoms with van der Waals surface area (Å²) in [5.41, 5.74) is 1.24. The summed E-state index contributed by atoms with van der Waals surface area (Å²) in [6, 6.07) is 0. The third-order valence-electron chi connectivity index (χ3n) is 5.14. The molecule has 4 rings (SSSR count). The maximum Gasteiger partial charge on any atom is 0.229 e. The zero-order valence-electron chi connectivity index (χ0n) is 14.5. The van der Waals surface area contributed by atoms with Crippen LogP contribution in [0.4, 0.5) is 5.82 Å². The Hall–Kier alpha value is -1.98. The zero-order chi connectivity index (χ0) is 16.5. The molecule has 2 aromatic heterocycles. The Morgan fingerprint density at radius 1 is 1.17 bits per heavy atom. The SMILES string of the molecule is CCc1cnc(C)nc1N1CCC(Cc2noc(C3CC3)n2)CC1. The third-order valence-corrected chi connectivity index (χ3v) is 5.14. The second kappa shape index (κ2) is 6.49. The van der Waals surface area contributed by atoms with Crippen molar-refractivity contribution in [2.45, 2.75) is 58.3 Å². The highest BCUT2D eigenvalue weighted by Gasteiger charge is 2.30. The van der Waals surface area contributed by atoms with E-state index in [9.17, 15) is 0 Å². The van der Waals surface area contributed by atoms with Gasteiger partial charge >= 0.3 is 0 Å². The van der Waals surface area contributed by atoms with Crippen LogP contribution in [0.25, 0.3) is 0 Å². The van der Waals surface area contributed by atoms with Gasteiger partial charge in [-0.05, 0) is 44.9 Å². The third kappa shape index (κ3) is 3.28. The largest absolute Gasteiger partial charge is 0.356 e. The normalized spacial score (nSPS) is 19.0. The van der Waals surface area contributed by atoms with Crippen molar-refractivity contribution in [3.63, 3.8) is 0 Å². The van der Waals surface area contributed by atoms with Crippen LogP contribution < -0.4 is 4.90 Å². The fourth-order valence-corrected chi connectivity index (χ4v) is 3.46. The van der Waals surface area contributed by atoms with Gasteiger partial charge in [-0.2, -0.15) is 4.98 Å². The molecule has 1 saturated heterocycles. The van der Waals surface area contributed by atoms with Crippen molar-refractivity contribution < 1.29 is 4.52 Å². The van der Waals surface area contributed by atoms with Gasteiger partial charge < -0.3 is 9.42 Å². The fourth-order valence-electron chi connectivity index (χ4n) is 3.46. The molecule has 1 saturated carbocycles. The van der Waals surface area contributed by atoms with E-state index in [4.69, 9.17) is 4.52 Å². The number of rotatable bonds is 5. The number of hydrogen-bond donors (Lipinski definition) is 0. The van der Waals surface area contributed by atoms with E-state index in [1.807, 2.05) is 13.1 Å². The van der Waals surface area contributed by atoms with Gasteiger partial charge in [0, 0.05) is 37.2 Å². The summed E-state index contributed by atoms with van der Waals surface area (Å²) in [6.45, 7) is 6.21. The molecule has 1 aliphatic heterocycles. The molecule has 0 atom stereocenters. The van der Waals surface area contributed by atoms with E-state index in [2.05, 4.69) is 31.9 Å². The minimum atomic E-state index is 0.543. The zero-order valence-corrected chi connectivity index (χ0v) is 14.5. The van der Waals surface area contributed by atoms with Crippen molar-refractivity contribution in [1.29, 1.82) is 0 Å². The predicted molar refractivity (Wildman–Crippen MR) is 91.1 cm³/mol. The molecule has 0 spiro atoms. The molecule has 0 amide bonds. The molecule has 3 heterocycles. The molecule has 1 aliphatic carbocycles. The second-order valence-corrected chi connectivity index (χ2v) is 7.08. The molecular formula is C18H25N5O. The van der Waals surface area contributed by atoms with Gasteiger partial charge in [-0.3, -0.25) is 0 Å². The van der Waals surface area contributed by atoms with E-state index in [-0.39, 0.29) is 0 Å². The lowest BCUT2D eigenvalue weighted by atomic mass is 9.93. The topological polar surface area (TPSA) is 67.9 Å². The Bertz CT molecular complexity index is 701. The van der Waals surface area contributed by atoms with Gasteiger partial charge in [0.1, 0.15) is 11.6 Å². The Balaban J connectivity index is 1.36. The van der Waals surface area contributed by atoms with Crippen LogP contribution in [0.5, 0.6) is 0 Å². The molecule has 24 heavy (non-hydrogen) atoms. The van der Waals surface area contributed by atoms with Gasteiger partial charge in [-0.1, -0.05) is 12.1 Å². The van der Waals surface area contributed by atoms with E-state index in [0.717, 1.165) is 62.1 Å². The van der Waals surface area contributed by atoms with Crippen molar-refractivity contribution in [3.8, 4) is 0 Å². The summed E-state index contributed by atoms with van der Waals surface area (Å²) in [5.74, 6) is 4.90. The Morgan fingerprint density at radius 3 is 2.67 bits per heavy atom. The Labute approximate surface area is 142 Å². The van der Waals surface area contributed by atoms with Crippen LogP contribution in [0.1, 0.15) is 61.6 Å². The van der Waals surface area contributed by atoms with Crippen molar-refractivity contribution in [2.24, 2.45) is 5.92 Å². The summed E-state index contributed by atoms with van der Waals surface area (Å²) in [4.78, 5) is 16.0. The predicted octanol–water partition coefficient (Wildman–Crippen LogP) is 3.07. The smallest absolute Gasteiger partial charge is 0.229 e. The van der Waals surface area contributed by atoms with E-state index in [1.54, 1.807) is 0 Å². The highest BCUT2D eigenvalue weighted by atomic mass is 16.5. The number of aryl methyl sites for hydroxylation is 2. The number of hydrogen-bond acceptors (Lipinski definition) is 6. The Kier molecular flexibility index (Phi) is 4.21. The second-order valence-electron chi connectivity index (χ2n) is 7.08. The Morgan fingerprint density at radius 2 is 1.96 bits per heavy atom. The highest BCUT2D eigenvalue weighted by molar-refractivity contribution is 5.46. The lowest BCUT2D eigenvalue weighted by Gasteiger charge is -2.33. The number of aromatic nitrogens is 4. The van der Waals surface area contributed by atoms with E-state index >= 15 is 0 Å². The van der Waals surface area contributed by atoms with Gasteiger partial charge in [0.2, 0.25) is 5.89 Å². The van der Waals surface area contributed by atoms with Gasteiger partial charge in [0.15, 0.2) is 5.82 Å². The van der Waals surface area contributed by atoms with Gasteiger partial charge in [0.05, 0.1) is 0 Å². The fraction of sp³-hybridized carbons (Fsp3) is 0.667. The maximum atomic E-state index is 5.38. The van der Waals surface area contributed by atoms with Crippen LogP contribution in [-0.2, 0) is 12.8 Å². The molecule has 0 radical (unpaired) electrons. The molecule has 0 unspecified atom stereocenters. The molecule has 0 bridgehead atoms. The minimum absolute atomic E-state index is 0.543. The monoisotopic (exact) mass is 327 g/mol. The molecule has 0 aromatic carbocycles. The van der Waals surface area contributed by atoms with Crippen molar-refractivity contribution in [2.75, 3.05) is 18.0 Å². The lowest BCUT2D eigenvalue weighted by molar-refractivity contribution is 0.358. The maximum absolute atomic E-state index is 5.38. The van der Waals surface area contributed by atoms with E-state index in [1.165, 1.54) is 18.4 Å². The first-order valence-electron chi connectivity index (χ1n) is 9.13. The number of piperidine rings is 1. The molecule has 2 aromatic rings. The lowest BCUT2D eigenvalue weighted by Crippen LogP contribution is -2.35. The van der Waals surface area contributed by atoms with Crippen molar-refractivity contribution in [1.82, 2.24) is 20.1 Å². The summed E-state index contributed by atoms with van der Waals surface area (Å²) >= 11 is 0. The van der Waals surface area contributed by atoms with Crippen LogP contribution in [0.2, 0.25) is 0 Å². The standard InChI is InChI=1S/C18H25N5O/c1-3-14-11-19-12(2)20-17(14)23-8-6-13(7-9-23)10-16-21-18(24-22-16)15-4-5-15/h11,13,15H,3-10H2,1-2H3. The van der Waals surface area contributed by atoms with Crippen LogP contribution in [0.15, 0.2) is 10.7 Å². The van der Waals surface area contributed by atoms with Crippen LogP contribution in [0, 0.1) is 12.8 Å². The average Bonchev–Trinajstić information content (AvgIpc) is 3.35. The summed E-state index contributed by atoms with van der Waals surface area (Å²) in [7, 11) is 0. The van der Waals surface area contributed by atoms with Gasteiger partial charge in [-0.25, -0.2) is 9.97 Å². The van der Waals surface area contributed by atoms with Crippen LogP contribution in [0.3, 0.4) is 0 Å². The van der Waals surface area contributed by atoms with Crippen molar-refractivity contribution in [3.05, 3.63) is 29.3 Å². The molecule has 128 valence electrons. The van der Waals surface area contributed by atoms with Crippen molar-refractivity contribution >= 4 is 5.82 Å². The molecular weight excluding hydrogens is 302 g/mol. The molecule has 6 heteroatoms. The van der Waals surface area contributed by atoms with Crippen LogP contribution in [-0.4, -0.2) is 33.2 Å². The minimum Gasteiger partial charge on any atom is -0.356 e. The first kappa shape index (κ1) is 15.5. The average molecular weight is 327 g/mol. The number of nitrogens with zero attached hydrogens (tertiary/aromatic N) is 5. The molecule has 6 nitrogen and oxygen atoms in total. The highest BCUT2D eigenvalue weighted by Crippen LogP contribution is 2.39. The first-order valence-corrected chi connectivity index (χ1v) is 9.13. The molecule has 2 aliphatic rings. The quantitative estimate of drug-likeness (QED) is 0.841. The summed E-state index contributed by atoms with van der Waals surface area (Å²) in [5, 5.41) is 4.17. The van der Waals surface area contributed by atoms with Crippen LogP contribution >= 0.6 is 0 Å². The van der Waals surface area contributed by atoms with Gasteiger partial charge in [0.25, 0.3) is 0 Å². The van der Waals surface area contributed by atoms with Gasteiger partial charge in [-0.15, -0.1) is 0 Å². The van der Waals surface area contributed by atoms with E-state index in [0.29, 0.717) is 11.8 Å². The van der Waals surface area contributed by atoms with E-state index < -0.39 is 0 Å². The molecule has 0 N–H and O–H groups in total. The summed E-state index contributed by atoms with van der Waals surface area (Å²) in [6.07, 6.45) is 8.60.